The molecule has 6 rings (SSSR count). The second-order valence-corrected chi connectivity index (χ2v) is 12.5. The highest BCUT2D eigenvalue weighted by Gasteiger charge is 2.42. The van der Waals surface area contributed by atoms with E-state index in [1.165, 1.54) is 6.33 Å². The monoisotopic (exact) mass is 666 g/mol. The summed E-state index contributed by atoms with van der Waals surface area (Å²) in [5.41, 5.74) is 8.82. The van der Waals surface area contributed by atoms with Crippen LogP contribution in [0.4, 0.5) is 5.82 Å². The largest absolute Gasteiger partial charge is 0.497 e. The lowest BCUT2D eigenvalue weighted by atomic mass is 9.80. The zero-order chi connectivity index (χ0) is 33.5. The minimum absolute atomic E-state index is 0.0744. The maximum Gasteiger partial charge on any atom is 0.172 e. The van der Waals surface area contributed by atoms with Crippen LogP contribution < -0.4 is 15.2 Å². The lowest BCUT2D eigenvalue weighted by Gasteiger charge is -2.37. The van der Waals surface area contributed by atoms with Gasteiger partial charge in [-0.1, -0.05) is 66.4 Å². The molecule has 3 atom stereocenters. The van der Waals surface area contributed by atoms with Gasteiger partial charge >= 0.3 is 0 Å². The van der Waals surface area contributed by atoms with E-state index in [4.69, 9.17) is 34.9 Å². The molecule has 2 aromatic heterocycles. The Labute approximate surface area is 283 Å². The summed E-state index contributed by atoms with van der Waals surface area (Å²) < 4.78 is 26.4. The van der Waals surface area contributed by atoms with Crippen molar-refractivity contribution >= 4 is 28.7 Å². The minimum Gasteiger partial charge on any atom is -0.497 e. The summed E-state index contributed by atoms with van der Waals surface area (Å²) in [5, 5.41) is 21.0. The van der Waals surface area contributed by atoms with Crippen LogP contribution in [0, 0.1) is 11.3 Å². The highest BCUT2D eigenvalue weighted by Crippen LogP contribution is 2.43. The molecule has 1 fully saturated rings. The molecule has 0 bridgehead atoms. The van der Waals surface area contributed by atoms with E-state index in [-0.39, 0.29) is 12.4 Å². The molecular formula is C36H38N6O5S. The average Bonchev–Trinajstić information content (AvgIpc) is 3.69. The van der Waals surface area contributed by atoms with Crippen LogP contribution in [0.3, 0.4) is 0 Å². The summed E-state index contributed by atoms with van der Waals surface area (Å²) in [5.74, 6) is 2.48. The third-order valence-corrected chi connectivity index (χ3v) is 9.56. The van der Waals surface area contributed by atoms with Gasteiger partial charge in [-0.15, -0.1) is 0 Å². The van der Waals surface area contributed by atoms with Gasteiger partial charge in [-0.05, 0) is 53.8 Å². The third-order valence-electron chi connectivity index (χ3n) is 8.52. The minimum atomic E-state index is -1.06. The zero-order valence-electron chi connectivity index (χ0n) is 26.9. The number of fused-ring (bicyclic) bond motifs is 1. The zero-order valence-corrected chi connectivity index (χ0v) is 27.7. The number of imidazole rings is 1. The number of nitrogens with two attached hydrogens (primary N) is 1. The first-order valence-electron chi connectivity index (χ1n) is 15.8. The number of rotatable bonds is 14. The normalized spacial score (nSPS) is 17.8. The molecular weight excluding hydrogens is 629 g/mol. The number of aromatic nitrogens is 4. The fourth-order valence-corrected chi connectivity index (χ4v) is 7.07. The van der Waals surface area contributed by atoms with Crippen molar-refractivity contribution in [1.82, 2.24) is 19.5 Å². The molecule has 0 aliphatic carbocycles. The van der Waals surface area contributed by atoms with E-state index in [0.29, 0.717) is 29.2 Å². The first-order chi connectivity index (χ1) is 23.5. The van der Waals surface area contributed by atoms with Gasteiger partial charge in [0.05, 0.1) is 33.0 Å². The number of aliphatic hydroxyl groups excluding tert-OH is 1. The van der Waals surface area contributed by atoms with Gasteiger partial charge in [0, 0.05) is 18.6 Å². The van der Waals surface area contributed by atoms with Crippen LogP contribution in [-0.4, -0.2) is 63.4 Å². The molecule has 0 saturated carbocycles. The van der Waals surface area contributed by atoms with Crippen molar-refractivity contribution in [1.29, 1.82) is 5.26 Å². The number of unbranched alkanes of at least 4 members (excludes halogenated alkanes) is 2. The standard InChI is InChI=1S/C36H38N6O5S/c1-44-27-15-11-25(12-16-27)36(24-9-5-3-6-10-24,26-13-17-28(45-2)18-14-26)46-22-30-29(43)21-31(47-30)42-34-32(33(38)39-23-40-34)41-35(42)48-20-8-4-7-19-37/h3,5-6,9-18,23,29-31,43H,4,7-8,20-22H2,1-2H3,(H2,38,39,40)/t29-,30+,31?/m0/s1. The molecule has 5 aromatic rings. The fraction of sp³-hybridized carbons (Fsp3) is 0.333. The van der Waals surface area contributed by atoms with Gasteiger partial charge in [0.1, 0.15) is 35.8 Å². The van der Waals surface area contributed by atoms with Gasteiger partial charge in [0.25, 0.3) is 0 Å². The van der Waals surface area contributed by atoms with Crippen LogP contribution in [0.25, 0.3) is 11.2 Å². The van der Waals surface area contributed by atoms with Crippen molar-refractivity contribution < 1.29 is 24.1 Å². The summed E-state index contributed by atoms with van der Waals surface area (Å²) in [6, 6.07) is 27.8. The molecule has 1 unspecified atom stereocenters. The van der Waals surface area contributed by atoms with Crippen molar-refractivity contribution in [2.24, 2.45) is 0 Å². The molecule has 12 heteroatoms. The smallest absolute Gasteiger partial charge is 0.172 e. The highest BCUT2D eigenvalue weighted by atomic mass is 32.2. The van der Waals surface area contributed by atoms with E-state index < -0.39 is 24.0 Å². The number of ether oxygens (including phenoxy) is 4. The number of thioether (sulfide) groups is 1. The van der Waals surface area contributed by atoms with E-state index in [1.54, 1.807) is 26.0 Å². The topological polar surface area (TPSA) is 151 Å². The van der Waals surface area contributed by atoms with Crippen molar-refractivity contribution in [2.75, 3.05) is 32.3 Å². The lowest BCUT2D eigenvalue weighted by molar-refractivity contribution is -0.0943. The van der Waals surface area contributed by atoms with Crippen molar-refractivity contribution in [2.45, 2.75) is 54.9 Å². The Morgan fingerprint density at radius 1 is 0.958 bits per heavy atom. The Morgan fingerprint density at radius 3 is 2.23 bits per heavy atom. The van der Waals surface area contributed by atoms with Crippen LogP contribution in [0.2, 0.25) is 0 Å². The quantitative estimate of drug-likeness (QED) is 0.0832. The average molecular weight is 667 g/mol. The second-order valence-electron chi connectivity index (χ2n) is 11.4. The van der Waals surface area contributed by atoms with Gasteiger partial charge in [-0.25, -0.2) is 15.0 Å². The predicted octanol–water partition coefficient (Wildman–Crippen LogP) is 5.87. The van der Waals surface area contributed by atoms with E-state index in [0.717, 1.165) is 46.8 Å². The Hall–Kier alpha value is -4.67. The van der Waals surface area contributed by atoms with E-state index in [2.05, 4.69) is 16.0 Å². The van der Waals surface area contributed by atoms with Crippen molar-refractivity contribution in [3.63, 3.8) is 0 Å². The van der Waals surface area contributed by atoms with Crippen LogP contribution in [-0.2, 0) is 15.1 Å². The van der Waals surface area contributed by atoms with E-state index >= 15 is 0 Å². The molecule has 3 heterocycles. The number of anilines is 1. The van der Waals surface area contributed by atoms with Gasteiger partial charge in [-0.2, -0.15) is 5.26 Å². The molecule has 48 heavy (non-hydrogen) atoms. The molecule has 0 spiro atoms. The number of nitrogens with zero attached hydrogens (tertiary/aromatic N) is 5. The number of nitriles is 1. The third kappa shape index (κ3) is 6.68. The van der Waals surface area contributed by atoms with Gasteiger partial charge in [0.2, 0.25) is 0 Å². The first kappa shape index (κ1) is 33.2. The SMILES string of the molecule is COc1ccc(C(OC[C@H]2OC(n3c(SCCCCC#N)nc4c(N)ncnc43)C[C@@H]2O)(c2ccccc2)c2ccc(OC)cc2)cc1. The molecule has 3 aromatic carbocycles. The summed E-state index contributed by atoms with van der Waals surface area (Å²) in [6.07, 6.45) is 1.80. The Bertz CT molecular complexity index is 1800. The Kier molecular flexibility index (Phi) is 10.4. The summed E-state index contributed by atoms with van der Waals surface area (Å²) in [4.78, 5) is 13.4. The Morgan fingerprint density at radius 2 is 1.60 bits per heavy atom. The van der Waals surface area contributed by atoms with Gasteiger partial charge in [-0.3, -0.25) is 4.57 Å². The summed E-state index contributed by atoms with van der Waals surface area (Å²) >= 11 is 1.54. The number of benzene rings is 3. The molecule has 11 nitrogen and oxygen atoms in total. The van der Waals surface area contributed by atoms with Gasteiger partial charge < -0.3 is 29.8 Å². The number of hydrogen-bond acceptors (Lipinski definition) is 11. The molecule has 1 saturated heterocycles. The predicted molar refractivity (Wildman–Crippen MR) is 183 cm³/mol. The molecule has 0 amide bonds. The number of methoxy groups -OCH3 is 2. The summed E-state index contributed by atoms with van der Waals surface area (Å²) in [7, 11) is 3.27. The molecule has 0 radical (unpaired) electrons. The molecule has 1 aliphatic heterocycles. The lowest BCUT2D eigenvalue weighted by Crippen LogP contribution is -2.38. The molecule has 3 N–H and O–H groups in total. The maximum atomic E-state index is 11.4. The summed E-state index contributed by atoms with van der Waals surface area (Å²) in [6.45, 7) is 0.0744. The van der Waals surface area contributed by atoms with Gasteiger partial charge in [0.15, 0.2) is 22.1 Å². The number of nitrogen functional groups attached to an aromatic ring is 1. The maximum absolute atomic E-state index is 11.4. The van der Waals surface area contributed by atoms with E-state index in [9.17, 15) is 5.11 Å². The van der Waals surface area contributed by atoms with Crippen LogP contribution >= 0.6 is 11.8 Å². The number of hydrogen-bond donors (Lipinski definition) is 2. The van der Waals surface area contributed by atoms with Crippen molar-refractivity contribution in [3.8, 4) is 17.6 Å². The van der Waals surface area contributed by atoms with Crippen LogP contribution in [0.15, 0.2) is 90.3 Å². The highest BCUT2D eigenvalue weighted by molar-refractivity contribution is 7.99. The molecule has 248 valence electrons. The first-order valence-corrected chi connectivity index (χ1v) is 16.8. The van der Waals surface area contributed by atoms with Crippen LogP contribution in [0.5, 0.6) is 11.5 Å². The molecule has 1 aliphatic rings. The van der Waals surface area contributed by atoms with Crippen molar-refractivity contribution in [3.05, 3.63) is 102 Å². The van der Waals surface area contributed by atoms with Crippen LogP contribution in [0.1, 0.15) is 48.6 Å². The Balaban J connectivity index is 1.33. The second kappa shape index (κ2) is 15.0. The fourth-order valence-electron chi connectivity index (χ4n) is 6.04. The number of aliphatic hydroxyl groups is 1. The van der Waals surface area contributed by atoms with E-state index in [1.807, 2.05) is 83.4 Å².